The molecular formula is C24H30N4O5S2. The zero-order valence-corrected chi connectivity index (χ0v) is 22.1. The van der Waals surface area contributed by atoms with Crippen molar-refractivity contribution in [1.82, 2.24) is 18.3 Å². The monoisotopic (exact) mass is 518 g/mol. The minimum Gasteiger partial charge on any atom is -0.497 e. The van der Waals surface area contributed by atoms with Crippen LogP contribution in [0, 0.1) is 9.54 Å². The van der Waals surface area contributed by atoms with Gasteiger partial charge in [0.2, 0.25) is 11.8 Å². The maximum absolute atomic E-state index is 13.7. The molecule has 0 unspecified atom stereocenters. The van der Waals surface area contributed by atoms with Gasteiger partial charge in [-0.15, -0.1) is 0 Å². The number of rotatable bonds is 8. The molecule has 0 radical (unpaired) electrons. The summed E-state index contributed by atoms with van der Waals surface area (Å²) in [5.74, 6) is -1.22. The summed E-state index contributed by atoms with van der Waals surface area (Å²) in [6, 6.07) is 6.78. The second kappa shape index (κ2) is 10.6. The van der Waals surface area contributed by atoms with Crippen LogP contribution in [0.1, 0.15) is 50.3 Å². The van der Waals surface area contributed by atoms with Gasteiger partial charge in [-0.1, -0.05) is 12.1 Å². The lowest BCUT2D eigenvalue weighted by molar-refractivity contribution is 0.380. The van der Waals surface area contributed by atoms with Crippen molar-refractivity contribution in [1.29, 1.82) is 0 Å². The molecule has 1 aromatic carbocycles. The van der Waals surface area contributed by atoms with Crippen LogP contribution in [0.15, 0.2) is 33.9 Å². The van der Waals surface area contributed by atoms with Crippen LogP contribution in [0.25, 0.3) is 0 Å². The summed E-state index contributed by atoms with van der Waals surface area (Å²) in [4.78, 5) is 27.4. The van der Waals surface area contributed by atoms with Crippen LogP contribution in [0.4, 0.5) is 0 Å². The van der Waals surface area contributed by atoms with Gasteiger partial charge in [-0.2, -0.15) is 0 Å². The number of methoxy groups -OCH3 is 1. The standard InChI is InChI=1S/C24H30N4O5S2/c1-6-25-19(29)17(20(30)26(7-2)23(25)34)16(14-10-12-15(33-5)13-11-14)18-21(31)27(8-3)24(35)28(9-4)22(18)32/h10-13,16,29,31H,6-9H2,1-5H3. The molecule has 0 saturated carbocycles. The predicted octanol–water partition coefficient (Wildman–Crippen LogP) is 3.75. The fourth-order valence-corrected chi connectivity index (χ4v) is 5.18. The Morgan fingerprint density at radius 1 is 0.743 bits per heavy atom. The molecule has 3 rings (SSSR count). The van der Waals surface area contributed by atoms with Crippen LogP contribution in [-0.4, -0.2) is 35.6 Å². The first-order valence-corrected chi connectivity index (χ1v) is 12.3. The van der Waals surface area contributed by atoms with Crippen LogP contribution in [-0.2, 0) is 26.2 Å². The van der Waals surface area contributed by atoms with E-state index in [9.17, 15) is 19.8 Å². The van der Waals surface area contributed by atoms with Gasteiger partial charge in [0.15, 0.2) is 9.54 Å². The quantitative estimate of drug-likeness (QED) is 0.438. The van der Waals surface area contributed by atoms with E-state index >= 15 is 0 Å². The first kappa shape index (κ1) is 26.4. The lowest BCUT2D eigenvalue weighted by atomic mass is 9.86. The van der Waals surface area contributed by atoms with Crippen molar-refractivity contribution in [2.45, 2.75) is 59.8 Å². The maximum atomic E-state index is 13.7. The van der Waals surface area contributed by atoms with Gasteiger partial charge in [-0.05, 0) is 69.8 Å². The summed E-state index contributed by atoms with van der Waals surface area (Å²) in [6.45, 7) is 8.29. The highest BCUT2D eigenvalue weighted by Gasteiger charge is 2.33. The summed E-state index contributed by atoms with van der Waals surface area (Å²) in [6.07, 6.45) is 0. The first-order chi connectivity index (χ1) is 16.7. The fraction of sp³-hybridized carbons (Fsp3) is 0.417. The number of benzene rings is 1. The Balaban J connectivity index is 2.60. The van der Waals surface area contributed by atoms with Crippen molar-refractivity contribution in [3.05, 3.63) is 71.2 Å². The lowest BCUT2D eigenvalue weighted by Crippen LogP contribution is -2.34. The summed E-state index contributed by atoms with van der Waals surface area (Å²) >= 11 is 10.9. The molecule has 9 nitrogen and oxygen atoms in total. The molecule has 2 heterocycles. The molecule has 0 atom stereocenters. The molecule has 188 valence electrons. The number of hydrogen-bond acceptors (Lipinski definition) is 7. The van der Waals surface area contributed by atoms with E-state index in [-0.39, 0.29) is 45.5 Å². The van der Waals surface area contributed by atoms with E-state index in [1.54, 1.807) is 52.0 Å². The largest absolute Gasteiger partial charge is 0.497 e. The van der Waals surface area contributed by atoms with E-state index in [4.69, 9.17) is 29.2 Å². The average Bonchev–Trinajstić information content (AvgIpc) is 2.84. The second-order valence-electron chi connectivity index (χ2n) is 7.83. The van der Waals surface area contributed by atoms with E-state index in [0.717, 1.165) is 0 Å². The van der Waals surface area contributed by atoms with Gasteiger partial charge in [0, 0.05) is 26.2 Å². The summed E-state index contributed by atoms with van der Waals surface area (Å²) in [5, 5.41) is 22.6. The molecule has 0 saturated heterocycles. The average molecular weight is 519 g/mol. The van der Waals surface area contributed by atoms with Crippen molar-refractivity contribution in [3.8, 4) is 17.5 Å². The fourth-order valence-electron chi connectivity index (χ4n) is 4.33. The predicted molar refractivity (Wildman–Crippen MR) is 139 cm³/mol. The molecule has 0 fully saturated rings. The molecule has 0 bridgehead atoms. The van der Waals surface area contributed by atoms with Gasteiger partial charge in [-0.25, -0.2) is 0 Å². The Bertz CT molecular complexity index is 1390. The Morgan fingerprint density at radius 2 is 1.11 bits per heavy atom. The molecule has 3 aromatic rings. The Labute approximate surface area is 213 Å². The van der Waals surface area contributed by atoms with Crippen molar-refractivity contribution in [2.75, 3.05) is 7.11 Å². The van der Waals surface area contributed by atoms with Crippen LogP contribution in [0.2, 0.25) is 0 Å². The van der Waals surface area contributed by atoms with Gasteiger partial charge >= 0.3 is 0 Å². The number of aromatic hydroxyl groups is 2. The van der Waals surface area contributed by atoms with E-state index < -0.39 is 17.0 Å². The summed E-state index contributed by atoms with van der Waals surface area (Å²) in [7, 11) is 1.53. The maximum Gasteiger partial charge on any atom is 0.262 e. The van der Waals surface area contributed by atoms with Gasteiger partial charge in [-0.3, -0.25) is 27.9 Å². The molecule has 2 N–H and O–H groups in total. The van der Waals surface area contributed by atoms with Gasteiger partial charge in [0.1, 0.15) is 5.75 Å². The van der Waals surface area contributed by atoms with Crippen LogP contribution in [0.5, 0.6) is 17.5 Å². The van der Waals surface area contributed by atoms with Crippen LogP contribution in [0.3, 0.4) is 0 Å². The molecule has 2 aromatic heterocycles. The topological polar surface area (TPSA) is 104 Å². The molecule has 0 aliphatic heterocycles. The Kier molecular flexibility index (Phi) is 8.01. The smallest absolute Gasteiger partial charge is 0.262 e. The molecular weight excluding hydrogens is 488 g/mol. The van der Waals surface area contributed by atoms with E-state index in [1.165, 1.54) is 25.4 Å². The summed E-state index contributed by atoms with van der Waals surface area (Å²) < 4.78 is 11.2. The third-order valence-electron chi connectivity index (χ3n) is 6.16. The highest BCUT2D eigenvalue weighted by molar-refractivity contribution is 7.71. The van der Waals surface area contributed by atoms with Gasteiger partial charge in [0.25, 0.3) is 11.1 Å². The number of nitrogens with zero attached hydrogens (tertiary/aromatic N) is 4. The van der Waals surface area contributed by atoms with Crippen LogP contribution < -0.4 is 15.9 Å². The molecule has 0 spiro atoms. The Hall–Kier alpha value is -3.18. The van der Waals surface area contributed by atoms with Crippen molar-refractivity contribution >= 4 is 24.4 Å². The zero-order valence-electron chi connectivity index (χ0n) is 20.4. The van der Waals surface area contributed by atoms with Crippen molar-refractivity contribution in [2.24, 2.45) is 0 Å². The summed E-state index contributed by atoms with van der Waals surface area (Å²) in [5.41, 5.74) is -0.666. The highest BCUT2D eigenvalue weighted by atomic mass is 32.1. The van der Waals surface area contributed by atoms with E-state index in [2.05, 4.69) is 0 Å². The van der Waals surface area contributed by atoms with Gasteiger partial charge < -0.3 is 14.9 Å². The zero-order chi connectivity index (χ0) is 26.0. The number of hydrogen-bond donors (Lipinski definition) is 2. The lowest BCUT2D eigenvalue weighted by Gasteiger charge is -2.25. The van der Waals surface area contributed by atoms with Crippen molar-refractivity contribution in [3.63, 3.8) is 0 Å². The molecule has 0 aliphatic rings. The molecule has 11 heteroatoms. The number of aromatic nitrogens is 4. The first-order valence-electron chi connectivity index (χ1n) is 11.4. The highest BCUT2D eigenvalue weighted by Crippen LogP contribution is 2.38. The Morgan fingerprint density at radius 3 is 1.43 bits per heavy atom. The van der Waals surface area contributed by atoms with E-state index in [0.29, 0.717) is 24.4 Å². The number of ether oxygens (including phenoxy) is 1. The van der Waals surface area contributed by atoms with Crippen molar-refractivity contribution < 1.29 is 14.9 Å². The SMILES string of the molecule is CCn1c(O)c(C(c2ccc(OC)cc2)c2c(O)n(CC)c(=S)n(CC)c2=O)c(=O)n(CC)c1=S. The minimum atomic E-state index is -1.10. The van der Waals surface area contributed by atoms with E-state index in [1.807, 2.05) is 0 Å². The van der Waals surface area contributed by atoms with Gasteiger partial charge in [0.05, 0.1) is 24.2 Å². The second-order valence-corrected chi connectivity index (χ2v) is 8.56. The third kappa shape index (κ3) is 4.34. The molecule has 0 amide bonds. The molecule has 35 heavy (non-hydrogen) atoms. The van der Waals surface area contributed by atoms with Crippen LogP contribution >= 0.6 is 24.4 Å². The third-order valence-corrected chi connectivity index (χ3v) is 7.04. The normalized spacial score (nSPS) is 11.3. The molecule has 0 aliphatic carbocycles. The minimum absolute atomic E-state index is 0.0534.